The lowest BCUT2D eigenvalue weighted by Crippen LogP contribution is -2.01. The highest BCUT2D eigenvalue weighted by Gasteiger charge is 2.11. The Bertz CT molecular complexity index is 520. The van der Waals surface area contributed by atoms with E-state index in [1.54, 1.807) is 29.5 Å². The fraction of sp³-hybridized carbons (Fsp3) is 0.154. The molecular weight excluding hydrogens is 275 g/mol. The highest BCUT2D eigenvalue weighted by molar-refractivity contribution is 7.09. The van der Waals surface area contributed by atoms with Crippen molar-refractivity contribution in [2.24, 2.45) is 0 Å². The number of ketones is 1. The van der Waals surface area contributed by atoms with Crippen LogP contribution in [0.3, 0.4) is 0 Å². The SMILES string of the molecule is O=C(CCc1cccs1)c1cc(Cl)ccc1Cl. The largest absolute Gasteiger partial charge is 0.294 e. The lowest BCUT2D eigenvalue weighted by Gasteiger charge is -2.03. The molecule has 0 spiro atoms. The molecule has 2 rings (SSSR count). The van der Waals surface area contributed by atoms with Crippen LogP contribution in [0.1, 0.15) is 21.7 Å². The number of halogens is 2. The fourth-order valence-electron chi connectivity index (χ4n) is 1.54. The van der Waals surface area contributed by atoms with E-state index in [2.05, 4.69) is 0 Å². The summed E-state index contributed by atoms with van der Waals surface area (Å²) in [6, 6.07) is 8.97. The smallest absolute Gasteiger partial charge is 0.164 e. The highest BCUT2D eigenvalue weighted by Crippen LogP contribution is 2.23. The molecule has 0 atom stereocenters. The van der Waals surface area contributed by atoms with Crippen LogP contribution in [0.15, 0.2) is 35.7 Å². The minimum atomic E-state index is 0.0332. The molecule has 0 radical (unpaired) electrons. The average Bonchev–Trinajstić information content (AvgIpc) is 2.82. The molecule has 0 bridgehead atoms. The van der Waals surface area contributed by atoms with Crippen LogP contribution in [0.25, 0.3) is 0 Å². The third-order valence-electron chi connectivity index (χ3n) is 2.41. The minimum Gasteiger partial charge on any atom is -0.294 e. The molecule has 0 amide bonds. The van der Waals surface area contributed by atoms with Crippen LogP contribution in [-0.2, 0) is 6.42 Å². The van der Waals surface area contributed by atoms with Crippen molar-refractivity contribution in [1.29, 1.82) is 0 Å². The first-order valence-electron chi connectivity index (χ1n) is 5.17. The molecule has 0 fully saturated rings. The van der Waals surface area contributed by atoms with Crippen molar-refractivity contribution in [1.82, 2.24) is 0 Å². The van der Waals surface area contributed by atoms with Crippen molar-refractivity contribution in [2.75, 3.05) is 0 Å². The Morgan fingerprint density at radius 3 is 2.76 bits per heavy atom. The Morgan fingerprint density at radius 1 is 1.24 bits per heavy atom. The topological polar surface area (TPSA) is 17.1 Å². The van der Waals surface area contributed by atoms with Gasteiger partial charge in [0.05, 0.1) is 5.02 Å². The summed E-state index contributed by atoms with van der Waals surface area (Å²) in [7, 11) is 0. The third-order valence-corrected chi connectivity index (χ3v) is 3.91. The minimum absolute atomic E-state index is 0.0332. The van der Waals surface area contributed by atoms with Crippen molar-refractivity contribution in [3.8, 4) is 0 Å². The monoisotopic (exact) mass is 284 g/mol. The normalized spacial score (nSPS) is 10.5. The Hall–Kier alpha value is -0.830. The molecule has 0 N–H and O–H groups in total. The van der Waals surface area contributed by atoms with E-state index >= 15 is 0 Å². The Labute approximate surface area is 114 Å². The van der Waals surface area contributed by atoms with Gasteiger partial charge >= 0.3 is 0 Å². The average molecular weight is 285 g/mol. The van der Waals surface area contributed by atoms with Gasteiger partial charge < -0.3 is 0 Å². The summed E-state index contributed by atoms with van der Waals surface area (Å²) in [5, 5.41) is 3.01. The maximum atomic E-state index is 12.0. The van der Waals surface area contributed by atoms with Gasteiger partial charge in [0.15, 0.2) is 5.78 Å². The van der Waals surface area contributed by atoms with Gasteiger partial charge in [-0.2, -0.15) is 0 Å². The Balaban J connectivity index is 2.07. The maximum Gasteiger partial charge on any atom is 0.164 e. The summed E-state index contributed by atoms with van der Waals surface area (Å²) >= 11 is 13.5. The molecule has 1 aromatic carbocycles. The molecular formula is C13H10Cl2OS. The van der Waals surface area contributed by atoms with Crippen molar-refractivity contribution >= 4 is 40.3 Å². The summed E-state index contributed by atoms with van der Waals surface area (Å²) in [6.45, 7) is 0. The van der Waals surface area contributed by atoms with Gasteiger partial charge in [0.2, 0.25) is 0 Å². The van der Waals surface area contributed by atoms with Crippen molar-refractivity contribution in [3.63, 3.8) is 0 Å². The van der Waals surface area contributed by atoms with E-state index < -0.39 is 0 Å². The van der Waals surface area contributed by atoms with E-state index in [1.165, 1.54) is 4.88 Å². The molecule has 0 aliphatic rings. The van der Waals surface area contributed by atoms with Gasteiger partial charge in [-0.05, 0) is 36.1 Å². The van der Waals surface area contributed by atoms with E-state index in [0.29, 0.717) is 22.0 Å². The number of thiophene rings is 1. The molecule has 2 aromatic rings. The summed E-state index contributed by atoms with van der Waals surface area (Å²) < 4.78 is 0. The summed E-state index contributed by atoms with van der Waals surface area (Å²) in [6.07, 6.45) is 1.21. The van der Waals surface area contributed by atoms with E-state index in [-0.39, 0.29) is 5.78 Å². The summed E-state index contributed by atoms with van der Waals surface area (Å²) in [5.74, 6) is 0.0332. The van der Waals surface area contributed by atoms with Gasteiger partial charge in [0.1, 0.15) is 0 Å². The molecule has 88 valence electrons. The zero-order valence-corrected chi connectivity index (χ0v) is 11.3. The fourth-order valence-corrected chi connectivity index (χ4v) is 2.64. The van der Waals surface area contributed by atoms with Crippen LogP contribution in [0.5, 0.6) is 0 Å². The Morgan fingerprint density at radius 2 is 2.06 bits per heavy atom. The molecule has 0 aliphatic heterocycles. The predicted octanol–water partition coefficient (Wildman–Crippen LogP) is 4.87. The first-order valence-corrected chi connectivity index (χ1v) is 6.81. The van der Waals surface area contributed by atoms with Crippen LogP contribution in [-0.4, -0.2) is 5.78 Å². The van der Waals surface area contributed by atoms with E-state index in [0.717, 1.165) is 6.42 Å². The van der Waals surface area contributed by atoms with Gasteiger partial charge in [-0.15, -0.1) is 11.3 Å². The third kappa shape index (κ3) is 3.32. The zero-order valence-electron chi connectivity index (χ0n) is 8.95. The molecule has 0 unspecified atom stereocenters. The van der Waals surface area contributed by atoms with Crippen molar-refractivity contribution in [3.05, 3.63) is 56.2 Å². The molecule has 1 nitrogen and oxygen atoms in total. The molecule has 1 aromatic heterocycles. The second kappa shape index (κ2) is 5.67. The van der Waals surface area contributed by atoms with Crippen LogP contribution < -0.4 is 0 Å². The quantitative estimate of drug-likeness (QED) is 0.732. The molecule has 0 saturated carbocycles. The van der Waals surface area contributed by atoms with Crippen molar-refractivity contribution < 1.29 is 4.79 Å². The lowest BCUT2D eigenvalue weighted by atomic mass is 10.1. The molecule has 4 heteroatoms. The number of aryl methyl sites for hydroxylation is 1. The molecule has 17 heavy (non-hydrogen) atoms. The molecule has 1 heterocycles. The van der Waals surface area contributed by atoms with Crippen LogP contribution >= 0.6 is 34.5 Å². The lowest BCUT2D eigenvalue weighted by molar-refractivity contribution is 0.0983. The molecule has 0 saturated heterocycles. The Kier molecular flexibility index (Phi) is 4.21. The number of carbonyl (C=O) groups is 1. The summed E-state index contributed by atoms with van der Waals surface area (Å²) in [5.41, 5.74) is 0.510. The van der Waals surface area contributed by atoms with Crippen LogP contribution in [0.4, 0.5) is 0 Å². The first kappa shape index (κ1) is 12.6. The second-order valence-corrected chi connectivity index (χ2v) is 5.50. The zero-order chi connectivity index (χ0) is 12.3. The number of benzene rings is 1. The standard InChI is InChI=1S/C13H10Cl2OS/c14-9-3-5-12(15)11(8-9)13(16)6-4-10-2-1-7-17-10/h1-3,5,7-8H,4,6H2. The number of hydrogen-bond donors (Lipinski definition) is 0. The number of Topliss-reactive ketones (excluding diaryl/α,β-unsaturated/α-hetero) is 1. The second-order valence-electron chi connectivity index (χ2n) is 3.63. The van der Waals surface area contributed by atoms with Crippen LogP contribution in [0.2, 0.25) is 10.0 Å². The number of rotatable bonds is 4. The molecule has 0 aliphatic carbocycles. The first-order chi connectivity index (χ1) is 8.16. The van der Waals surface area contributed by atoms with Gasteiger partial charge in [-0.25, -0.2) is 0 Å². The van der Waals surface area contributed by atoms with Crippen LogP contribution in [0, 0.1) is 0 Å². The van der Waals surface area contributed by atoms with E-state index in [1.807, 2.05) is 17.5 Å². The van der Waals surface area contributed by atoms with Gasteiger partial charge in [-0.1, -0.05) is 29.3 Å². The number of hydrogen-bond acceptors (Lipinski definition) is 2. The number of carbonyl (C=O) groups excluding carboxylic acids is 1. The van der Waals surface area contributed by atoms with Gasteiger partial charge in [0.25, 0.3) is 0 Å². The van der Waals surface area contributed by atoms with E-state index in [4.69, 9.17) is 23.2 Å². The highest BCUT2D eigenvalue weighted by atomic mass is 35.5. The predicted molar refractivity (Wildman–Crippen MR) is 73.4 cm³/mol. The van der Waals surface area contributed by atoms with Gasteiger partial charge in [-0.3, -0.25) is 4.79 Å². The van der Waals surface area contributed by atoms with Crippen molar-refractivity contribution in [2.45, 2.75) is 12.8 Å². The van der Waals surface area contributed by atoms with E-state index in [9.17, 15) is 4.79 Å². The van der Waals surface area contributed by atoms with Gasteiger partial charge in [0, 0.05) is 21.9 Å². The maximum absolute atomic E-state index is 12.0. The summed E-state index contributed by atoms with van der Waals surface area (Å²) in [4.78, 5) is 13.2.